The van der Waals surface area contributed by atoms with E-state index in [1.54, 1.807) is 6.92 Å². The summed E-state index contributed by atoms with van der Waals surface area (Å²) in [4.78, 5) is 37.0. The monoisotopic (exact) mass is 462 g/mol. The smallest absolute Gasteiger partial charge is 0.223 e. The highest BCUT2D eigenvalue weighted by molar-refractivity contribution is 5.92. The summed E-state index contributed by atoms with van der Waals surface area (Å²) in [6.07, 6.45) is 7.27. The van der Waals surface area contributed by atoms with Crippen molar-refractivity contribution < 1.29 is 9.59 Å². The number of pyridine rings is 1. The van der Waals surface area contributed by atoms with Gasteiger partial charge in [0.05, 0.1) is 0 Å². The summed E-state index contributed by atoms with van der Waals surface area (Å²) in [6, 6.07) is 12.9. The van der Waals surface area contributed by atoms with Crippen molar-refractivity contribution in [1.29, 1.82) is 0 Å². The van der Waals surface area contributed by atoms with E-state index in [-0.39, 0.29) is 17.2 Å². The Morgan fingerprint density at radius 2 is 1.71 bits per heavy atom. The third kappa shape index (κ3) is 5.84. The summed E-state index contributed by atoms with van der Waals surface area (Å²) in [5.74, 6) is 0.234. The molecule has 2 aliphatic rings. The maximum atomic E-state index is 13.5. The number of fused-ring (bicyclic) bond motifs is 3. The first kappa shape index (κ1) is 24.4. The van der Waals surface area contributed by atoms with Crippen LogP contribution in [-0.4, -0.2) is 51.8 Å². The molecular weight excluding hydrogens is 424 g/mol. The quantitative estimate of drug-likeness (QED) is 0.667. The second-order valence-corrected chi connectivity index (χ2v) is 11.0. The van der Waals surface area contributed by atoms with Gasteiger partial charge in [-0.15, -0.1) is 0 Å². The Balaban J connectivity index is 1.70. The summed E-state index contributed by atoms with van der Waals surface area (Å²) in [6.45, 7) is 10.8. The summed E-state index contributed by atoms with van der Waals surface area (Å²) < 4.78 is 0. The van der Waals surface area contributed by atoms with Crippen LogP contribution in [0.25, 0.3) is 0 Å². The van der Waals surface area contributed by atoms with Gasteiger partial charge in [0.15, 0.2) is 0 Å². The minimum atomic E-state index is -0.0802. The fourth-order valence-electron chi connectivity index (χ4n) is 5.39. The van der Waals surface area contributed by atoms with Gasteiger partial charge >= 0.3 is 0 Å². The van der Waals surface area contributed by atoms with Crippen LogP contribution in [-0.2, 0) is 22.7 Å². The van der Waals surface area contributed by atoms with E-state index in [2.05, 4.69) is 48.9 Å². The standard InChI is InChI=1S/C28H38N4O2/c1-21(33)31-16-13-24-9-10-25(32(24)18-22-11-14-29-15-12-22)20-30(27(34)17-28(2,3)4)19-23-7-5-6-8-26(23)31/h5-8,11-12,14-15,24-25H,9-10,13,16-20H2,1-4H3. The number of nitrogens with zero attached hydrogens (tertiary/aromatic N) is 4. The zero-order valence-corrected chi connectivity index (χ0v) is 21.0. The molecule has 6 nitrogen and oxygen atoms in total. The van der Waals surface area contributed by atoms with Crippen LogP contribution in [0.4, 0.5) is 5.69 Å². The molecule has 0 radical (unpaired) electrons. The van der Waals surface area contributed by atoms with Gasteiger partial charge < -0.3 is 9.80 Å². The molecule has 0 spiro atoms. The Morgan fingerprint density at radius 1 is 1.00 bits per heavy atom. The molecule has 2 bridgehead atoms. The van der Waals surface area contributed by atoms with Crippen LogP contribution < -0.4 is 4.90 Å². The van der Waals surface area contributed by atoms with Crippen LogP contribution in [0, 0.1) is 5.41 Å². The number of aromatic nitrogens is 1. The lowest BCUT2D eigenvalue weighted by Crippen LogP contribution is -2.45. The first-order chi connectivity index (χ1) is 16.2. The van der Waals surface area contributed by atoms with E-state index in [1.807, 2.05) is 40.4 Å². The van der Waals surface area contributed by atoms with Gasteiger partial charge in [0.2, 0.25) is 11.8 Å². The van der Waals surface area contributed by atoms with Crippen LogP contribution in [0.5, 0.6) is 0 Å². The van der Waals surface area contributed by atoms with Gasteiger partial charge in [0, 0.05) is 69.7 Å². The van der Waals surface area contributed by atoms with Crippen LogP contribution in [0.15, 0.2) is 48.8 Å². The maximum Gasteiger partial charge on any atom is 0.223 e. The van der Waals surface area contributed by atoms with E-state index in [9.17, 15) is 9.59 Å². The van der Waals surface area contributed by atoms with E-state index < -0.39 is 0 Å². The fourth-order valence-corrected chi connectivity index (χ4v) is 5.39. The summed E-state index contributed by atoms with van der Waals surface area (Å²) in [5.41, 5.74) is 3.13. The Labute approximate surface area is 204 Å². The number of benzene rings is 1. The second-order valence-electron chi connectivity index (χ2n) is 11.0. The number of anilines is 1. The van der Waals surface area contributed by atoms with Crippen molar-refractivity contribution in [3.05, 3.63) is 59.9 Å². The van der Waals surface area contributed by atoms with Gasteiger partial charge in [0.25, 0.3) is 0 Å². The minimum absolute atomic E-state index is 0.0505. The van der Waals surface area contributed by atoms with Crippen LogP contribution in [0.2, 0.25) is 0 Å². The Morgan fingerprint density at radius 3 is 2.41 bits per heavy atom. The van der Waals surface area contributed by atoms with Crippen LogP contribution >= 0.6 is 0 Å². The topological polar surface area (TPSA) is 56.8 Å². The average molecular weight is 463 g/mol. The van der Waals surface area contributed by atoms with Gasteiger partial charge in [-0.2, -0.15) is 0 Å². The minimum Gasteiger partial charge on any atom is -0.337 e. The molecule has 0 aliphatic carbocycles. The summed E-state index contributed by atoms with van der Waals surface area (Å²) in [5, 5.41) is 0. The van der Waals surface area contributed by atoms with E-state index in [0.29, 0.717) is 38.1 Å². The predicted molar refractivity (Wildman–Crippen MR) is 135 cm³/mol. The Kier molecular flexibility index (Phi) is 7.36. The first-order valence-electron chi connectivity index (χ1n) is 12.5. The van der Waals surface area contributed by atoms with Crippen molar-refractivity contribution >= 4 is 17.5 Å². The molecule has 1 aromatic heterocycles. The SMILES string of the molecule is CC(=O)N1CCC2CCC(CN(C(=O)CC(C)(C)C)Cc3ccccc31)N2Cc1ccncc1. The molecular formula is C28H38N4O2. The number of para-hydroxylation sites is 1. The summed E-state index contributed by atoms with van der Waals surface area (Å²) >= 11 is 0. The first-order valence-corrected chi connectivity index (χ1v) is 12.5. The lowest BCUT2D eigenvalue weighted by atomic mass is 9.91. The lowest BCUT2D eigenvalue weighted by molar-refractivity contribution is -0.134. The number of hydrogen-bond acceptors (Lipinski definition) is 4. The number of hydrogen-bond donors (Lipinski definition) is 0. The molecule has 1 fully saturated rings. The van der Waals surface area contributed by atoms with Crippen molar-refractivity contribution in [2.75, 3.05) is 18.0 Å². The van der Waals surface area contributed by atoms with Crippen molar-refractivity contribution in [2.45, 2.75) is 78.6 Å². The maximum absolute atomic E-state index is 13.5. The van der Waals surface area contributed by atoms with Gasteiger partial charge in [-0.1, -0.05) is 39.0 Å². The normalized spacial score (nSPS) is 21.6. The van der Waals surface area contributed by atoms with E-state index >= 15 is 0 Å². The number of amides is 2. The molecule has 182 valence electrons. The van der Waals surface area contributed by atoms with Gasteiger partial charge in [-0.05, 0) is 54.0 Å². The van der Waals surface area contributed by atoms with Crippen molar-refractivity contribution in [1.82, 2.24) is 14.8 Å². The van der Waals surface area contributed by atoms with Crippen molar-refractivity contribution in [2.24, 2.45) is 5.41 Å². The molecule has 2 unspecified atom stereocenters. The van der Waals surface area contributed by atoms with Crippen LogP contribution in [0.1, 0.15) is 64.5 Å². The van der Waals surface area contributed by atoms with Crippen molar-refractivity contribution in [3.8, 4) is 0 Å². The second kappa shape index (κ2) is 10.3. The molecule has 2 amide bonds. The number of rotatable bonds is 3. The van der Waals surface area contributed by atoms with E-state index in [4.69, 9.17) is 0 Å². The van der Waals surface area contributed by atoms with Gasteiger partial charge in [-0.3, -0.25) is 19.5 Å². The largest absolute Gasteiger partial charge is 0.337 e. The lowest BCUT2D eigenvalue weighted by Gasteiger charge is -2.34. The van der Waals surface area contributed by atoms with E-state index in [1.165, 1.54) is 5.56 Å². The molecule has 2 atom stereocenters. The Hall–Kier alpha value is -2.73. The summed E-state index contributed by atoms with van der Waals surface area (Å²) in [7, 11) is 0. The third-order valence-corrected chi connectivity index (χ3v) is 7.06. The average Bonchev–Trinajstić information content (AvgIpc) is 3.13. The van der Waals surface area contributed by atoms with Crippen molar-refractivity contribution in [3.63, 3.8) is 0 Å². The zero-order valence-electron chi connectivity index (χ0n) is 21.0. The predicted octanol–water partition coefficient (Wildman–Crippen LogP) is 4.64. The molecule has 2 aliphatic heterocycles. The fraction of sp³-hybridized carbons (Fsp3) is 0.536. The number of carbonyl (C=O) groups excluding carboxylic acids is 2. The zero-order chi connectivity index (χ0) is 24.3. The highest BCUT2D eigenvalue weighted by Gasteiger charge is 2.37. The molecule has 1 aromatic carbocycles. The highest BCUT2D eigenvalue weighted by Crippen LogP contribution is 2.33. The van der Waals surface area contributed by atoms with Crippen LogP contribution in [0.3, 0.4) is 0 Å². The van der Waals surface area contributed by atoms with Gasteiger partial charge in [0.1, 0.15) is 0 Å². The molecule has 3 heterocycles. The molecule has 6 heteroatoms. The molecule has 1 saturated heterocycles. The Bertz CT molecular complexity index is 1000. The molecule has 0 saturated carbocycles. The van der Waals surface area contributed by atoms with E-state index in [0.717, 1.165) is 37.1 Å². The molecule has 2 aromatic rings. The molecule has 34 heavy (non-hydrogen) atoms. The third-order valence-electron chi connectivity index (χ3n) is 7.06. The van der Waals surface area contributed by atoms with Gasteiger partial charge in [-0.25, -0.2) is 0 Å². The molecule has 4 rings (SSSR count). The number of carbonyl (C=O) groups is 2. The highest BCUT2D eigenvalue weighted by atomic mass is 16.2. The molecule has 0 N–H and O–H groups in total.